The molecule has 1 aromatic heterocycles. The molecule has 0 radical (unpaired) electrons. The van der Waals surface area contributed by atoms with Crippen LogP contribution in [0.25, 0.3) is 0 Å². The number of benzene rings is 1. The number of hydrogen-bond donors (Lipinski definition) is 2. The van der Waals surface area contributed by atoms with Crippen molar-refractivity contribution in [3.8, 4) is 5.75 Å². The maximum atomic E-state index is 14.6. The molecule has 1 fully saturated rings. The molecule has 0 bridgehead atoms. The molecular weight excluding hydrogens is 372 g/mol. The molecule has 0 saturated carbocycles. The van der Waals surface area contributed by atoms with Crippen LogP contribution < -0.4 is 20.7 Å². The van der Waals surface area contributed by atoms with Crippen LogP contribution in [0.5, 0.6) is 5.75 Å². The predicted octanol–water partition coefficient (Wildman–Crippen LogP) is 1.66. The third-order valence-electron chi connectivity index (χ3n) is 4.89. The van der Waals surface area contributed by atoms with Gasteiger partial charge in [-0.15, -0.1) is 0 Å². The summed E-state index contributed by atoms with van der Waals surface area (Å²) in [6, 6.07) is 2.15. The molecular formula is C18H19F2N5O3. The Kier molecular flexibility index (Phi) is 4.71. The third kappa shape index (κ3) is 3.19. The van der Waals surface area contributed by atoms with Crippen molar-refractivity contribution in [2.45, 2.75) is 12.3 Å². The van der Waals surface area contributed by atoms with Crippen molar-refractivity contribution in [1.29, 1.82) is 0 Å². The van der Waals surface area contributed by atoms with Gasteiger partial charge in [-0.1, -0.05) is 0 Å². The van der Waals surface area contributed by atoms with Crippen molar-refractivity contribution in [1.82, 2.24) is 9.97 Å². The van der Waals surface area contributed by atoms with E-state index < -0.39 is 23.5 Å². The summed E-state index contributed by atoms with van der Waals surface area (Å²) < 4.78 is 39.5. The highest BCUT2D eigenvalue weighted by Gasteiger charge is 2.35. The van der Waals surface area contributed by atoms with Crippen molar-refractivity contribution < 1.29 is 23.0 Å². The SMILES string of the molecule is COc1cc(F)c(C2CC(=O)Nc3nc(N4CCOCC4)nc(N)c32)c(F)c1. The summed E-state index contributed by atoms with van der Waals surface area (Å²) in [5.41, 5.74) is 6.20. The maximum Gasteiger partial charge on any atom is 0.229 e. The molecule has 1 atom stereocenters. The smallest absolute Gasteiger partial charge is 0.229 e. The standard InChI is InChI=1S/C18H19F2N5O3/c1-27-9-6-11(19)14(12(20)7-9)10-8-13(26)22-17-15(10)16(21)23-18(24-17)25-2-4-28-5-3-25/h6-7,10H,2-5,8H2,1H3,(H3,21,22,23,24,26). The number of hydrogen-bond acceptors (Lipinski definition) is 7. The Labute approximate surface area is 159 Å². The molecule has 4 rings (SSSR count). The highest BCUT2D eigenvalue weighted by Crippen LogP contribution is 2.42. The minimum absolute atomic E-state index is 0.0473. The number of carbonyl (C=O) groups excluding carboxylic acids is 1. The van der Waals surface area contributed by atoms with Gasteiger partial charge in [0.25, 0.3) is 0 Å². The van der Waals surface area contributed by atoms with Gasteiger partial charge in [0.2, 0.25) is 11.9 Å². The van der Waals surface area contributed by atoms with Gasteiger partial charge in [0.1, 0.15) is 29.0 Å². The largest absolute Gasteiger partial charge is 0.497 e. The lowest BCUT2D eigenvalue weighted by atomic mass is 9.85. The molecule has 3 heterocycles. The van der Waals surface area contributed by atoms with Crippen molar-refractivity contribution in [3.05, 3.63) is 34.9 Å². The summed E-state index contributed by atoms with van der Waals surface area (Å²) in [6.07, 6.45) is -0.169. The number of nitrogen functional groups attached to an aromatic ring is 1. The zero-order valence-corrected chi connectivity index (χ0v) is 15.2. The molecule has 2 aliphatic rings. The van der Waals surface area contributed by atoms with Crippen molar-refractivity contribution in [2.75, 3.05) is 49.4 Å². The van der Waals surface area contributed by atoms with Crippen molar-refractivity contribution in [2.24, 2.45) is 0 Å². The lowest BCUT2D eigenvalue weighted by molar-refractivity contribution is -0.116. The summed E-state index contributed by atoms with van der Waals surface area (Å²) in [5, 5.41) is 2.64. The lowest BCUT2D eigenvalue weighted by Gasteiger charge is -2.30. The number of nitrogens with two attached hydrogens (primary N) is 1. The Morgan fingerprint density at radius 1 is 1.21 bits per heavy atom. The number of rotatable bonds is 3. The second kappa shape index (κ2) is 7.19. The molecule has 2 aromatic rings. The highest BCUT2D eigenvalue weighted by atomic mass is 19.1. The van der Waals surface area contributed by atoms with E-state index in [1.165, 1.54) is 7.11 Å². The van der Waals surface area contributed by atoms with Crippen LogP contribution in [0.2, 0.25) is 0 Å². The first-order chi connectivity index (χ1) is 13.5. The number of fused-ring (bicyclic) bond motifs is 1. The molecule has 2 aliphatic heterocycles. The lowest BCUT2D eigenvalue weighted by Crippen LogP contribution is -2.38. The minimum Gasteiger partial charge on any atom is -0.497 e. The van der Waals surface area contributed by atoms with E-state index in [0.29, 0.717) is 37.8 Å². The van der Waals surface area contributed by atoms with Gasteiger partial charge in [0.05, 0.1) is 20.3 Å². The molecule has 148 valence electrons. The van der Waals surface area contributed by atoms with Crippen LogP contribution in [0, 0.1) is 11.6 Å². The first kappa shape index (κ1) is 18.4. The first-order valence-electron chi connectivity index (χ1n) is 8.80. The zero-order valence-electron chi connectivity index (χ0n) is 15.2. The number of anilines is 3. The van der Waals surface area contributed by atoms with E-state index in [2.05, 4.69) is 15.3 Å². The number of nitrogens with zero attached hydrogens (tertiary/aromatic N) is 3. The quantitative estimate of drug-likeness (QED) is 0.820. The topological polar surface area (TPSA) is 103 Å². The van der Waals surface area contributed by atoms with E-state index in [-0.39, 0.29) is 29.4 Å². The van der Waals surface area contributed by atoms with Gasteiger partial charge in [-0.25, -0.2) is 8.78 Å². The molecule has 0 spiro atoms. The number of morpholine rings is 1. The Balaban J connectivity index is 1.80. The zero-order chi connectivity index (χ0) is 19.8. The molecule has 1 amide bonds. The number of halogens is 2. The van der Waals surface area contributed by atoms with Crippen LogP contribution in [0.15, 0.2) is 12.1 Å². The van der Waals surface area contributed by atoms with E-state index in [9.17, 15) is 13.6 Å². The van der Waals surface area contributed by atoms with Crippen molar-refractivity contribution >= 4 is 23.5 Å². The van der Waals surface area contributed by atoms with Gasteiger partial charge in [0, 0.05) is 48.7 Å². The van der Waals surface area contributed by atoms with E-state index >= 15 is 0 Å². The number of carbonyl (C=O) groups is 1. The Morgan fingerprint density at radius 3 is 2.54 bits per heavy atom. The average Bonchev–Trinajstić information content (AvgIpc) is 2.67. The van der Waals surface area contributed by atoms with Crippen molar-refractivity contribution in [3.63, 3.8) is 0 Å². The van der Waals surface area contributed by atoms with Gasteiger partial charge in [-0.2, -0.15) is 9.97 Å². The van der Waals surface area contributed by atoms with Gasteiger partial charge in [-0.05, 0) is 0 Å². The molecule has 1 unspecified atom stereocenters. The normalized spacial score (nSPS) is 19.2. The second-order valence-corrected chi connectivity index (χ2v) is 6.58. The van der Waals surface area contributed by atoms with E-state index in [4.69, 9.17) is 15.2 Å². The molecule has 8 nitrogen and oxygen atoms in total. The fraction of sp³-hybridized carbons (Fsp3) is 0.389. The van der Waals surface area contributed by atoms with Gasteiger partial charge >= 0.3 is 0 Å². The summed E-state index contributed by atoms with van der Waals surface area (Å²) in [4.78, 5) is 22.8. The Bertz CT molecular complexity index is 911. The number of aromatic nitrogens is 2. The highest BCUT2D eigenvalue weighted by molar-refractivity contribution is 5.95. The summed E-state index contributed by atoms with van der Waals surface area (Å²) in [7, 11) is 1.32. The number of nitrogens with one attached hydrogen (secondary N) is 1. The number of amides is 1. The van der Waals surface area contributed by atoms with Crippen LogP contribution in [0.3, 0.4) is 0 Å². The Morgan fingerprint density at radius 2 is 1.89 bits per heavy atom. The molecule has 3 N–H and O–H groups in total. The summed E-state index contributed by atoms with van der Waals surface area (Å²) in [6.45, 7) is 2.21. The van der Waals surface area contributed by atoms with Crippen LogP contribution >= 0.6 is 0 Å². The third-order valence-corrected chi connectivity index (χ3v) is 4.89. The fourth-order valence-corrected chi connectivity index (χ4v) is 3.55. The summed E-state index contributed by atoms with van der Waals surface area (Å²) >= 11 is 0. The van der Waals surface area contributed by atoms with E-state index in [0.717, 1.165) is 12.1 Å². The maximum absolute atomic E-state index is 14.6. The predicted molar refractivity (Wildman–Crippen MR) is 97.5 cm³/mol. The molecule has 1 saturated heterocycles. The molecule has 1 aromatic carbocycles. The van der Waals surface area contributed by atoms with Gasteiger partial charge < -0.3 is 25.4 Å². The monoisotopic (exact) mass is 391 g/mol. The van der Waals surface area contributed by atoms with Crippen LogP contribution in [0.1, 0.15) is 23.5 Å². The minimum atomic E-state index is -0.937. The summed E-state index contributed by atoms with van der Waals surface area (Å²) in [5.74, 6) is -2.34. The van der Waals surface area contributed by atoms with Crippen LogP contribution in [-0.2, 0) is 9.53 Å². The number of ether oxygens (including phenoxy) is 2. The van der Waals surface area contributed by atoms with Gasteiger partial charge in [-0.3, -0.25) is 4.79 Å². The molecule has 10 heteroatoms. The van der Waals surface area contributed by atoms with E-state index in [1.807, 2.05) is 4.90 Å². The van der Waals surface area contributed by atoms with Crippen LogP contribution in [-0.4, -0.2) is 49.3 Å². The van der Waals surface area contributed by atoms with E-state index in [1.54, 1.807) is 0 Å². The van der Waals surface area contributed by atoms with Crippen LogP contribution in [0.4, 0.5) is 26.4 Å². The molecule has 0 aliphatic carbocycles. The first-order valence-corrected chi connectivity index (χ1v) is 8.80. The second-order valence-electron chi connectivity index (χ2n) is 6.58. The molecule has 28 heavy (non-hydrogen) atoms. The fourth-order valence-electron chi connectivity index (χ4n) is 3.55. The average molecular weight is 391 g/mol. The van der Waals surface area contributed by atoms with Gasteiger partial charge in [0.15, 0.2) is 0 Å². The Hall–Kier alpha value is -3.01. The number of methoxy groups -OCH3 is 1.